The van der Waals surface area contributed by atoms with E-state index in [-0.39, 0.29) is 43.9 Å². The van der Waals surface area contributed by atoms with Gasteiger partial charge in [0.25, 0.3) is 0 Å². The second-order valence-electron chi connectivity index (χ2n) is 16.5. The van der Waals surface area contributed by atoms with Crippen molar-refractivity contribution in [3.8, 4) is 5.75 Å². The molecule has 4 N–H and O–H groups in total. The van der Waals surface area contributed by atoms with Gasteiger partial charge in [0, 0.05) is 42.7 Å². The van der Waals surface area contributed by atoms with Crippen LogP contribution in [0.4, 0.5) is 0 Å². The van der Waals surface area contributed by atoms with Crippen LogP contribution in [0.5, 0.6) is 5.75 Å². The van der Waals surface area contributed by atoms with Gasteiger partial charge in [-0.25, -0.2) is 4.79 Å². The van der Waals surface area contributed by atoms with E-state index in [2.05, 4.69) is 0 Å². The smallest absolute Gasteiger partial charge is 0.336 e. The number of benzene rings is 1. The normalized spacial score (nSPS) is 38.6. The first kappa shape index (κ1) is 43.1. The van der Waals surface area contributed by atoms with Crippen LogP contribution in [0, 0.1) is 17.8 Å². The summed E-state index contributed by atoms with van der Waals surface area (Å²) in [5.41, 5.74) is -2.87. The molecular formula is C40H64N2O11. The lowest BCUT2D eigenvalue weighted by atomic mass is 9.79. The van der Waals surface area contributed by atoms with E-state index >= 15 is 0 Å². The number of hydrogen-bond acceptors (Lipinski definition) is 13. The van der Waals surface area contributed by atoms with Crippen LogP contribution in [0.25, 0.3) is 11.0 Å². The molecule has 0 amide bonds. The predicted molar refractivity (Wildman–Crippen MR) is 200 cm³/mol. The minimum absolute atomic E-state index is 0.186. The second-order valence-corrected chi connectivity index (χ2v) is 16.5. The van der Waals surface area contributed by atoms with E-state index in [4.69, 9.17) is 23.4 Å². The van der Waals surface area contributed by atoms with E-state index in [0.717, 1.165) is 0 Å². The molecule has 0 unspecified atom stereocenters. The minimum Gasteiger partial charge on any atom is -0.497 e. The van der Waals surface area contributed by atoms with Crippen molar-refractivity contribution in [3.63, 3.8) is 0 Å². The van der Waals surface area contributed by atoms with Crippen LogP contribution >= 0.6 is 0 Å². The Morgan fingerprint density at radius 1 is 1.02 bits per heavy atom. The number of rotatable bonds is 7. The van der Waals surface area contributed by atoms with Gasteiger partial charge in [0.15, 0.2) is 6.29 Å². The molecule has 300 valence electrons. The fourth-order valence-electron chi connectivity index (χ4n) is 8.57. The summed E-state index contributed by atoms with van der Waals surface area (Å²) in [6, 6.07) is 5.71. The van der Waals surface area contributed by atoms with Gasteiger partial charge in [-0.3, -0.25) is 9.69 Å². The first-order chi connectivity index (χ1) is 24.7. The highest BCUT2D eigenvalue weighted by molar-refractivity contribution is 5.81. The zero-order chi connectivity index (χ0) is 39.6. The fraction of sp³-hybridized carbons (Fsp3) is 0.750. The van der Waals surface area contributed by atoms with E-state index in [1.807, 2.05) is 50.7 Å². The van der Waals surface area contributed by atoms with E-state index < -0.39 is 71.4 Å². The van der Waals surface area contributed by atoms with E-state index in [9.17, 15) is 30.0 Å². The number of cyclic esters (lactones) is 1. The number of ether oxygens (including phenoxy) is 4. The SMILES string of the molecule is CC[C@H]1OC(=O)[C@H](C)C[C@H](C)[C@@H](O[C@@H]2O[C@H](C)C[C@H](N(C)C)[C@H]2O)[C@](C)(O)C[C@@H](C)CN(Cc2cc(=O)oc3cc(OC)ccc23)[C@H](C)[C@@H](O)[C@]1(C)O. The molecule has 0 bridgehead atoms. The van der Waals surface area contributed by atoms with Crippen molar-refractivity contribution in [2.24, 2.45) is 17.8 Å². The molecule has 0 spiro atoms. The van der Waals surface area contributed by atoms with Gasteiger partial charge in [-0.2, -0.15) is 0 Å². The monoisotopic (exact) mass is 748 g/mol. The summed E-state index contributed by atoms with van der Waals surface area (Å²) in [6.07, 6.45) is -4.11. The molecule has 0 aliphatic carbocycles. The third-order valence-corrected chi connectivity index (χ3v) is 11.4. The molecule has 2 aliphatic rings. The lowest BCUT2D eigenvalue weighted by molar-refractivity contribution is -0.295. The summed E-state index contributed by atoms with van der Waals surface area (Å²) in [5, 5.41) is 48.2. The van der Waals surface area contributed by atoms with Gasteiger partial charge in [0.1, 0.15) is 35.2 Å². The number of esters is 1. The van der Waals surface area contributed by atoms with E-state index in [1.165, 1.54) is 20.1 Å². The molecule has 1 aromatic heterocycles. The van der Waals surface area contributed by atoms with Gasteiger partial charge in [-0.05, 0) is 97.0 Å². The number of aliphatic hydroxyl groups excluding tert-OH is 2. The van der Waals surface area contributed by atoms with Crippen LogP contribution in [-0.2, 0) is 25.5 Å². The summed E-state index contributed by atoms with van der Waals surface area (Å²) < 4.78 is 29.5. The number of nitrogens with zero attached hydrogens (tertiary/aromatic N) is 2. The highest BCUT2D eigenvalue weighted by atomic mass is 16.7. The third kappa shape index (κ3) is 9.98. The molecule has 0 radical (unpaired) electrons. The highest BCUT2D eigenvalue weighted by Crippen LogP contribution is 2.37. The Bertz CT molecular complexity index is 1580. The van der Waals surface area contributed by atoms with Gasteiger partial charge in [0.05, 0.1) is 30.8 Å². The van der Waals surface area contributed by atoms with Crippen LogP contribution in [0.15, 0.2) is 33.5 Å². The third-order valence-electron chi connectivity index (χ3n) is 11.4. The molecule has 13 nitrogen and oxygen atoms in total. The Hall–Kier alpha value is -2.62. The van der Waals surface area contributed by atoms with E-state index in [0.29, 0.717) is 35.2 Å². The zero-order valence-electron chi connectivity index (χ0n) is 33.4. The first-order valence-corrected chi connectivity index (χ1v) is 19.0. The average molecular weight is 749 g/mol. The Kier molecular flexibility index (Phi) is 14.2. The van der Waals surface area contributed by atoms with Crippen LogP contribution in [0.2, 0.25) is 0 Å². The average Bonchev–Trinajstić information content (AvgIpc) is 3.07. The Morgan fingerprint density at radius 2 is 1.70 bits per heavy atom. The van der Waals surface area contributed by atoms with Gasteiger partial charge in [-0.1, -0.05) is 27.7 Å². The molecule has 2 aromatic rings. The quantitative estimate of drug-likeness (QED) is 0.239. The molecule has 4 rings (SSSR count). The lowest BCUT2D eigenvalue weighted by Gasteiger charge is -2.46. The predicted octanol–water partition coefficient (Wildman–Crippen LogP) is 3.69. The van der Waals surface area contributed by atoms with Gasteiger partial charge < -0.3 is 48.7 Å². The Labute approximate surface area is 314 Å². The summed E-state index contributed by atoms with van der Waals surface area (Å²) in [7, 11) is 5.32. The van der Waals surface area contributed by atoms with Crippen molar-refractivity contribution in [2.75, 3.05) is 27.7 Å². The lowest BCUT2D eigenvalue weighted by Crippen LogP contribution is -2.59. The van der Waals surface area contributed by atoms with Crippen molar-refractivity contribution in [3.05, 3.63) is 40.2 Å². The van der Waals surface area contributed by atoms with Crippen molar-refractivity contribution in [2.45, 2.75) is 148 Å². The van der Waals surface area contributed by atoms with Crippen LogP contribution in [0.1, 0.15) is 86.6 Å². The van der Waals surface area contributed by atoms with Gasteiger partial charge >= 0.3 is 11.6 Å². The Morgan fingerprint density at radius 3 is 2.32 bits per heavy atom. The maximum absolute atomic E-state index is 13.6. The Balaban J connectivity index is 1.77. The maximum Gasteiger partial charge on any atom is 0.336 e. The summed E-state index contributed by atoms with van der Waals surface area (Å²) >= 11 is 0. The maximum atomic E-state index is 13.6. The molecule has 2 aliphatic heterocycles. The second kappa shape index (κ2) is 17.5. The molecule has 13 atom stereocenters. The first-order valence-electron chi connectivity index (χ1n) is 19.0. The number of likely N-dealkylation sites (N-methyl/N-ethyl adjacent to an activating group) is 1. The molecular weight excluding hydrogens is 684 g/mol. The molecule has 53 heavy (non-hydrogen) atoms. The molecule has 2 saturated heterocycles. The highest BCUT2D eigenvalue weighted by Gasteiger charge is 2.48. The number of carbonyl (C=O) groups is 1. The molecule has 0 saturated carbocycles. The molecule has 1 aromatic carbocycles. The van der Waals surface area contributed by atoms with Crippen LogP contribution in [-0.4, -0.2) is 124 Å². The fourth-order valence-corrected chi connectivity index (χ4v) is 8.57. The summed E-state index contributed by atoms with van der Waals surface area (Å²) in [6.45, 7) is 14.8. The number of hydrogen-bond donors (Lipinski definition) is 4. The topological polar surface area (TPSA) is 172 Å². The molecule has 2 fully saturated rings. The standard InChI is InChI=1S/C40H64N2O11/c1-12-32-40(8,48)35(45)26(6)42(21-27-17-33(43)51-31-18-28(49-11)13-14-29(27)31)20-22(2)19-39(7,47)36(23(3)15-24(4)37(46)52-32)53-38-34(44)30(41(9)10)16-25(5)50-38/h13-14,17-18,22-26,30,32,34-36,38,44-45,47-48H,12,15-16,19-21H2,1-11H3/t22-,23+,24-,25-,26-,30+,32-,34-,35-,36-,38+,39-,40-/m1/s1. The van der Waals surface area contributed by atoms with E-state index in [1.54, 1.807) is 39.8 Å². The number of carbonyl (C=O) groups excluding carboxylic acids is 1. The summed E-state index contributed by atoms with van der Waals surface area (Å²) in [5.74, 6) is -1.28. The van der Waals surface area contributed by atoms with Gasteiger partial charge in [-0.15, -0.1) is 0 Å². The number of aliphatic hydroxyl groups is 4. The zero-order valence-corrected chi connectivity index (χ0v) is 33.4. The number of fused-ring (bicyclic) bond motifs is 1. The van der Waals surface area contributed by atoms with Crippen molar-refractivity contribution < 1.29 is 48.6 Å². The summed E-state index contributed by atoms with van der Waals surface area (Å²) in [4.78, 5) is 30.3. The van der Waals surface area contributed by atoms with Gasteiger partial charge in [0.2, 0.25) is 0 Å². The van der Waals surface area contributed by atoms with Crippen molar-refractivity contribution in [1.82, 2.24) is 9.80 Å². The van der Waals surface area contributed by atoms with Crippen molar-refractivity contribution >= 4 is 16.9 Å². The van der Waals surface area contributed by atoms with Crippen molar-refractivity contribution in [1.29, 1.82) is 0 Å². The molecule has 3 heterocycles. The minimum atomic E-state index is -1.84. The molecule has 13 heteroatoms. The largest absolute Gasteiger partial charge is 0.497 e. The van der Waals surface area contributed by atoms with Crippen LogP contribution in [0.3, 0.4) is 0 Å². The number of methoxy groups -OCH3 is 1. The van der Waals surface area contributed by atoms with Crippen LogP contribution < -0.4 is 10.4 Å².